The molecule has 1 heterocycles. The van der Waals surface area contributed by atoms with E-state index in [2.05, 4.69) is 4.72 Å². The molecular weight excluding hydrogens is 400 g/mol. The predicted octanol–water partition coefficient (Wildman–Crippen LogP) is 4.08. The van der Waals surface area contributed by atoms with E-state index < -0.39 is 10.0 Å². The Balaban J connectivity index is 1.92. The Morgan fingerprint density at radius 2 is 1.82 bits per heavy atom. The third kappa shape index (κ3) is 4.42. The van der Waals surface area contributed by atoms with Crippen LogP contribution in [-0.2, 0) is 10.0 Å². The molecule has 0 spiro atoms. The summed E-state index contributed by atoms with van der Waals surface area (Å²) in [6, 6.07) is 9.25. The molecule has 3 rings (SSSR count). The largest absolute Gasteiger partial charge is 0.495 e. The van der Waals surface area contributed by atoms with Crippen LogP contribution in [0, 0.1) is 6.92 Å². The van der Waals surface area contributed by atoms with Crippen molar-refractivity contribution < 1.29 is 17.9 Å². The van der Waals surface area contributed by atoms with Crippen LogP contribution in [0.3, 0.4) is 0 Å². The minimum atomic E-state index is -3.93. The Kier molecular flexibility index (Phi) is 6.15. The molecule has 0 aromatic heterocycles. The quantitative estimate of drug-likeness (QED) is 0.787. The molecule has 0 saturated carbocycles. The molecule has 0 aliphatic carbocycles. The number of hydrogen-bond donors (Lipinski definition) is 1. The monoisotopic (exact) mass is 422 g/mol. The number of methoxy groups -OCH3 is 1. The second kappa shape index (κ2) is 8.41. The highest BCUT2D eigenvalue weighted by Crippen LogP contribution is 2.30. The summed E-state index contributed by atoms with van der Waals surface area (Å²) in [6.45, 7) is 3.21. The summed E-state index contributed by atoms with van der Waals surface area (Å²) in [7, 11) is -2.48. The molecule has 8 heteroatoms. The van der Waals surface area contributed by atoms with Gasteiger partial charge in [0.1, 0.15) is 5.75 Å². The van der Waals surface area contributed by atoms with Gasteiger partial charge < -0.3 is 9.64 Å². The van der Waals surface area contributed by atoms with Crippen molar-refractivity contribution in [2.45, 2.75) is 31.1 Å². The number of nitrogens with zero attached hydrogens (tertiary/aromatic N) is 1. The van der Waals surface area contributed by atoms with E-state index in [0.29, 0.717) is 29.4 Å². The maximum Gasteiger partial charge on any atom is 0.262 e. The van der Waals surface area contributed by atoms with Crippen LogP contribution in [0.5, 0.6) is 5.75 Å². The number of carbonyl (C=O) groups is 1. The first-order valence-corrected chi connectivity index (χ1v) is 10.9. The van der Waals surface area contributed by atoms with Gasteiger partial charge in [0.05, 0.1) is 17.7 Å². The number of piperidine rings is 1. The summed E-state index contributed by atoms with van der Waals surface area (Å²) in [5, 5.41) is 0.378. The topological polar surface area (TPSA) is 75.7 Å². The number of ether oxygens (including phenoxy) is 1. The van der Waals surface area contributed by atoms with Crippen molar-refractivity contribution in [3.63, 3.8) is 0 Å². The molecule has 1 saturated heterocycles. The van der Waals surface area contributed by atoms with Crippen molar-refractivity contribution >= 4 is 33.2 Å². The lowest BCUT2D eigenvalue weighted by Crippen LogP contribution is -2.36. The number of halogens is 1. The lowest BCUT2D eigenvalue weighted by atomic mass is 10.1. The number of carbonyl (C=O) groups excluding carboxylic acids is 1. The van der Waals surface area contributed by atoms with E-state index in [1.54, 1.807) is 30.0 Å². The van der Waals surface area contributed by atoms with Gasteiger partial charge in [-0.1, -0.05) is 17.7 Å². The van der Waals surface area contributed by atoms with Crippen LogP contribution in [0.1, 0.15) is 35.2 Å². The van der Waals surface area contributed by atoms with Crippen molar-refractivity contribution in [3.05, 3.63) is 52.5 Å². The van der Waals surface area contributed by atoms with Crippen LogP contribution in [0.25, 0.3) is 0 Å². The summed E-state index contributed by atoms with van der Waals surface area (Å²) in [6.07, 6.45) is 3.06. The molecule has 1 N–H and O–H groups in total. The minimum Gasteiger partial charge on any atom is -0.495 e. The van der Waals surface area contributed by atoms with Crippen molar-refractivity contribution in [2.75, 3.05) is 24.9 Å². The number of nitrogens with one attached hydrogen (secondary N) is 1. The maximum atomic E-state index is 12.9. The van der Waals surface area contributed by atoms with E-state index in [-0.39, 0.29) is 16.5 Å². The molecule has 2 aromatic rings. The molecule has 1 aliphatic heterocycles. The molecule has 0 bridgehead atoms. The van der Waals surface area contributed by atoms with Crippen LogP contribution in [-0.4, -0.2) is 39.4 Å². The highest BCUT2D eigenvalue weighted by Gasteiger charge is 2.23. The SMILES string of the molecule is COc1ccc(Cl)cc1NS(=O)(=O)c1ccc(C)c(C(=O)N2CCCCC2)c1. The number of anilines is 1. The Hall–Kier alpha value is -2.25. The molecule has 28 heavy (non-hydrogen) atoms. The molecule has 0 radical (unpaired) electrons. The molecule has 1 aliphatic rings. The number of amides is 1. The molecular formula is C20H23ClN2O4S. The molecule has 6 nitrogen and oxygen atoms in total. The van der Waals surface area contributed by atoms with Gasteiger partial charge in [-0.2, -0.15) is 0 Å². The predicted molar refractivity (Wildman–Crippen MR) is 110 cm³/mol. The summed E-state index contributed by atoms with van der Waals surface area (Å²) in [5.74, 6) is 0.222. The fourth-order valence-electron chi connectivity index (χ4n) is 3.23. The van der Waals surface area contributed by atoms with Crippen molar-refractivity contribution in [1.82, 2.24) is 4.90 Å². The maximum absolute atomic E-state index is 12.9. The highest BCUT2D eigenvalue weighted by atomic mass is 35.5. The number of hydrogen-bond acceptors (Lipinski definition) is 4. The normalized spacial score (nSPS) is 14.6. The molecule has 2 aromatic carbocycles. The van der Waals surface area contributed by atoms with Gasteiger partial charge in [0.2, 0.25) is 0 Å². The molecule has 0 unspecified atom stereocenters. The molecule has 1 fully saturated rings. The zero-order chi connectivity index (χ0) is 20.3. The third-order valence-corrected chi connectivity index (χ3v) is 6.40. The van der Waals surface area contributed by atoms with Gasteiger partial charge in [0.15, 0.2) is 0 Å². The molecule has 0 atom stereocenters. The van der Waals surface area contributed by atoms with Gasteiger partial charge >= 0.3 is 0 Å². The standard InChI is InChI=1S/C20H23ClN2O4S/c1-14-6-8-16(13-17(14)20(24)23-10-4-3-5-11-23)28(25,26)22-18-12-15(21)7-9-19(18)27-2/h6-9,12-13,22H,3-5,10-11H2,1-2H3. The Bertz CT molecular complexity index is 986. The first kappa shape index (κ1) is 20.5. The first-order chi connectivity index (χ1) is 13.3. The van der Waals surface area contributed by atoms with E-state index in [9.17, 15) is 13.2 Å². The highest BCUT2D eigenvalue weighted by molar-refractivity contribution is 7.92. The average Bonchev–Trinajstić information content (AvgIpc) is 2.68. The fourth-order valence-corrected chi connectivity index (χ4v) is 4.49. The number of sulfonamides is 1. The smallest absolute Gasteiger partial charge is 0.262 e. The zero-order valence-electron chi connectivity index (χ0n) is 15.9. The van der Waals surface area contributed by atoms with Gasteiger partial charge in [-0.05, 0) is 62.1 Å². The number of likely N-dealkylation sites (tertiary alicyclic amines) is 1. The lowest BCUT2D eigenvalue weighted by Gasteiger charge is -2.27. The van der Waals surface area contributed by atoms with E-state index in [1.807, 2.05) is 0 Å². The van der Waals surface area contributed by atoms with E-state index >= 15 is 0 Å². The number of aryl methyl sites for hydroxylation is 1. The van der Waals surface area contributed by atoms with Gasteiger partial charge in [-0.15, -0.1) is 0 Å². The zero-order valence-corrected chi connectivity index (χ0v) is 17.4. The van der Waals surface area contributed by atoms with Crippen LogP contribution in [0.15, 0.2) is 41.3 Å². The van der Waals surface area contributed by atoms with Crippen LogP contribution >= 0.6 is 11.6 Å². The van der Waals surface area contributed by atoms with Crippen LogP contribution < -0.4 is 9.46 Å². The Morgan fingerprint density at radius 1 is 1.11 bits per heavy atom. The summed E-state index contributed by atoms with van der Waals surface area (Å²) < 4.78 is 33.5. The first-order valence-electron chi connectivity index (χ1n) is 9.08. The summed E-state index contributed by atoms with van der Waals surface area (Å²) in [5.41, 5.74) is 1.39. The molecule has 1 amide bonds. The van der Waals surface area contributed by atoms with E-state index in [0.717, 1.165) is 24.8 Å². The number of benzene rings is 2. The number of rotatable bonds is 5. The van der Waals surface area contributed by atoms with Crippen LogP contribution in [0.4, 0.5) is 5.69 Å². The minimum absolute atomic E-state index is 0.0143. The molecule has 150 valence electrons. The fraction of sp³-hybridized carbons (Fsp3) is 0.350. The second-order valence-corrected chi connectivity index (χ2v) is 8.90. The van der Waals surface area contributed by atoms with E-state index in [1.165, 1.54) is 25.3 Å². The Labute approximate surface area is 170 Å². The lowest BCUT2D eigenvalue weighted by molar-refractivity contribution is 0.0723. The third-order valence-electron chi connectivity index (χ3n) is 4.80. The van der Waals surface area contributed by atoms with Gasteiger partial charge in [0.25, 0.3) is 15.9 Å². The van der Waals surface area contributed by atoms with Gasteiger partial charge in [-0.3, -0.25) is 9.52 Å². The second-order valence-electron chi connectivity index (χ2n) is 6.78. The average molecular weight is 423 g/mol. The summed E-state index contributed by atoms with van der Waals surface area (Å²) >= 11 is 5.98. The van der Waals surface area contributed by atoms with Crippen molar-refractivity contribution in [3.8, 4) is 5.75 Å². The Morgan fingerprint density at radius 3 is 2.50 bits per heavy atom. The van der Waals surface area contributed by atoms with Gasteiger partial charge in [-0.25, -0.2) is 8.42 Å². The van der Waals surface area contributed by atoms with Crippen molar-refractivity contribution in [2.24, 2.45) is 0 Å². The van der Waals surface area contributed by atoms with Crippen LogP contribution in [0.2, 0.25) is 5.02 Å². The van der Waals surface area contributed by atoms with E-state index in [4.69, 9.17) is 16.3 Å². The van der Waals surface area contributed by atoms with Crippen molar-refractivity contribution in [1.29, 1.82) is 0 Å². The summed E-state index contributed by atoms with van der Waals surface area (Å²) in [4.78, 5) is 14.7. The van der Waals surface area contributed by atoms with Gasteiger partial charge in [0, 0.05) is 23.7 Å².